The molecular weight excluding hydrogens is 687 g/mol. The van der Waals surface area contributed by atoms with E-state index in [1.165, 1.54) is 0 Å². The van der Waals surface area contributed by atoms with Crippen LogP contribution in [0.4, 0.5) is 0 Å². The van der Waals surface area contributed by atoms with Crippen LogP contribution >= 0.6 is 23.2 Å². The number of aromatic nitrogens is 4. The van der Waals surface area contributed by atoms with Crippen molar-refractivity contribution in [3.63, 3.8) is 0 Å². The largest absolute Gasteiger partial charge is 4.00 e. The Labute approximate surface area is 317 Å². The second-order valence-corrected chi connectivity index (χ2v) is 12.1. The Balaban J connectivity index is 0.000000260. The van der Waals surface area contributed by atoms with Crippen LogP contribution in [-0.4, -0.2) is 33.1 Å². The Morgan fingerprint density at radius 3 is 1.29 bits per heavy atom. The molecule has 0 aliphatic heterocycles. The van der Waals surface area contributed by atoms with Gasteiger partial charge < -0.3 is 21.6 Å². The number of hydrogen-bond acceptors (Lipinski definition) is 6. The molecule has 2 aromatic carbocycles. The Hall–Kier alpha value is -3.55. The Kier molecular flexibility index (Phi) is 20.9. The summed E-state index contributed by atoms with van der Waals surface area (Å²) in [6.07, 6.45) is 21.9. The van der Waals surface area contributed by atoms with E-state index in [0.717, 1.165) is 36.8 Å². The maximum absolute atomic E-state index is 5.95. The van der Waals surface area contributed by atoms with E-state index in [4.69, 9.17) is 32.7 Å². The van der Waals surface area contributed by atoms with Crippen molar-refractivity contribution in [1.29, 1.82) is 0 Å². The SMILES string of the molecule is CC(C)CCOc1[c-]c(Cl)nc(-c2ccccc2)n1.CC(C)CCOc1[c-]c(Cl)nc(-c2ccccc2)n1.[C-]1=CC=CC1.[C-]1=CC=CC1.[Ti+4]. The van der Waals surface area contributed by atoms with E-state index in [0.29, 0.717) is 48.5 Å². The van der Waals surface area contributed by atoms with E-state index < -0.39 is 0 Å². The summed E-state index contributed by atoms with van der Waals surface area (Å²) in [5.74, 6) is 3.10. The third kappa shape index (κ3) is 18.1. The molecule has 0 radical (unpaired) electrons. The molecule has 6 rings (SSSR count). The van der Waals surface area contributed by atoms with Crippen LogP contribution in [-0.2, 0) is 21.7 Å². The smallest absolute Gasteiger partial charge is 0.512 e. The molecule has 2 aliphatic carbocycles. The number of benzene rings is 2. The quantitative estimate of drug-likeness (QED) is 0.0920. The van der Waals surface area contributed by atoms with Gasteiger partial charge in [0.2, 0.25) is 0 Å². The van der Waals surface area contributed by atoms with Crippen molar-refractivity contribution in [3.8, 4) is 34.5 Å². The first-order valence-corrected chi connectivity index (χ1v) is 16.8. The van der Waals surface area contributed by atoms with Crippen LogP contribution in [0.1, 0.15) is 53.4 Å². The van der Waals surface area contributed by atoms with E-state index in [9.17, 15) is 0 Å². The van der Waals surface area contributed by atoms with Gasteiger partial charge in [-0.05, 0) is 35.0 Å². The summed E-state index contributed by atoms with van der Waals surface area (Å²) in [4.78, 5) is 17.0. The normalized spacial score (nSPS) is 11.9. The van der Waals surface area contributed by atoms with Crippen LogP contribution in [0.3, 0.4) is 0 Å². The third-order valence-corrected chi connectivity index (χ3v) is 6.70. The molecule has 2 heterocycles. The second-order valence-electron chi connectivity index (χ2n) is 11.3. The maximum atomic E-state index is 5.95. The van der Waals surface area contributed by atoms with Crippen LogP contribution in [0.15, 0.2) is 97.1 Å². The predicted molar refractivity (Wildman–Crippen MR) is 196 cm³/mol. The van der Waals surface area contributed by atoms with Crippen molar-refractivity contribution in [2.24, 2.45) is 11.8 Å². The summed E-state index contributed by atoms with van der Waals surface area (Å²) in [6, 6.07) is 25.0. The zero-order chi connectivity index (χ0) is 34.4. The van der Waals surface area contributed by atoms with Crippen LogP contribution in [0.5, 0.6) is 11.8 Å². The van der Waals surface area contributed by atoms with Crippen molar-refractivity contribution in [2.45, 2.75) is 53.4 Å². The minimum atomic E-state index is 0. The van der Waals surface area contributed by atoms with Crippen LogP contribution in [0, 0.1) is 36.1 Å². The predicted octanol–water partition coefficient (Wildman–Crippen LogP) is 10.7. The number of hydrogen-bond donors (Lipinski definition) is 0. The van der Waals surface area contributed by atoms with Crippen LogP contribution in [0.2, 0.25) is 10.3 Å². The first-order valence-electron chi connectivity index (χ1n) is 16.0. The summed E-state index contributed by atoms with van der Waals surface area (Å²) in [6.45, 7) is 9.81. The second kappa shape index (κ2) is 24.6. The van der Waals surface area contributed by atoms with E-state index in [1.807, 2.05) is 85.0 Å². The fraction of sp³-hybridized carbons (Fsp3) is 0.300. The molecule has 2 aromatic heterocycles. The maximum Gasteiger partial charge on any atom is 4.00 e. The molecule has 0 fully saturated rings. The number of rotatable bonds is 10. The van der Waals surface area contributed by atoms with Gasteiger partial charge in [0.05, 0.1) is 13.2 Å². The fourth-order valence-corrected chi connectivity index (χ4v) is 4.07. The van der Waals surface area contributed by atoms with Gasteiger partial charge in [0.15, 0.2) is 11.6 Å². The molecule has 252 valence electrons. The molecule has 0 saturated heterocycles. The molecule has 49 heavy (non-hydrogen) atoms. The van der Waals surface area contributed by atoms with Gasteiger partial charge in [-0.2, -0.15) is 12.2 Å². The van der Waals surface area contributed by atoms with Crippen LogP contribution in [0.25, 0.3) is 22.8 Å². The molecule has 0 spiro atoms. The zero-order valence-corrected chi connectivity index (χ0v) is 31.6. The van der Waals surface area contributed by atoms with Gasteiger partial charge >= 0.3 is 21.7 Å². The summed E-state index contributed by atoms with van der Waals surface area (Å²) in [5.41, 5.74) is 1.82. The minimum absolute atomic E-state index is 0. The zero-order valence-electron chi connectivity index (χ0n) is 28.5. The number of allylic oxidation sites excluding steroid dienone is 8. The molecule has 0 amide bonds. The summed E-state index contributed by atoms with van der Waals surface area (Å²) in [7, 11) is 0. The molecule has 4 aromatic rings. The molecule has 0 unspecified atom stereocenters. The fourth-order valence-electron chi connectivity index (χ4n) is 3.75. The molecule has 0 N–H and O–H groups in total. The third-order valence-electron chi connectivity index (χ3n) is 6.35. The van der Waals surface area contributed by atoms with Gasteiger partial charge in [-0.25, -0.2) is 34.3 Å². The topological polar surface area (TPSA) is 70.0 Å². The molecule has 2 aliphatic rings. The summed E-state index contributed by atoms with van der Waals surface area (Å²) >= 11 is 11.9. The standard InChI is InChI=1S/2C15H16ClN2O.2C5H5.Ti/c2*1-11(2)8-9-19-14-10-13(16)17-15(18-14)12-6-4-3-5-7-12;2*1-2-4-5-3-1;/h2*3-7,11H,8-9H2,1-2H3;2*1-3H,4H2;/q4*-1;+4. The van der Waals surface area contributed by atoms with E-state index in [2.05, 4.69) is 84.1 Å². The molecule has 0 atom stereocenters. The van der Waals surface area contributed by atoms with E-state index >= 15 is 0 Å². The number of ether oxygens (including phenoxy) is 2. The molecule has 6 nitrogen and oxygen atoms in total. The van der Waals surface area contributed by atoms with Gasteiger partial charge in [0.1, 0.15) is 0 Å². The minimum Gasteiger partial charge on any atom is -0.512 e. The number of nitrogens with zero attached hydrogens (tertiary/aromatic N) is 4. The van der Waals surface area contributed by atoms with Gasteiger partial charge in [-0.3, -0.25) is 22.1 Å². The summed E-state index contributed by atoms with van der Waals surface area (Å²) in [5, 5.41) is 0.543. The Bertz CT molecular complexity index is 1470. The molecular formula is C40H42Cl2N4O2Ti. The van der Waals surface area contributed by atoms with Crippen LogP contribution < -0.4 is 9.47 Å². The van der Waals surface area contributed by atoms with Gasteiger partial charge in [-0.15, -0.1) is 36.0 Å². The first-order chi connectivity index (χ1) is 23.3. The Morgan fingerprint density at radius 2 is 1.00 bits per heavy atom. The van der Waals surface area contributed by atoms with Crippen molar-refractivity contribution in [2.75, 3.05) is 13.2 Å². The van der Waals surface area contributed by atoms with Gasteiger partial charge in [0.25, 0.3) is 0 Å². The van der Waals surface area contributed by atoms with Crippen molar-refractivity contribution >= 4 is 23.2 Å². The monoisotopic (exact) mass is 728 g/mol. The van der Waals surface area contributed by atoms with Crippen molar-refractivity contribution in [1.82, 2.24) is 19.9 Å². The molecule has 0 bridgehead atoms. The number of halogens is 2. The van der Waals surface area contributed by atoms with Gasteiger partial charge in [-0.1, -0.05) is 88.4 Å². The Morgan fingerprint density at radius 1 is 0.612 bits per heavy atom. The average Bonchev–Trinajstić information content (AvgIpc) is 3.86. The van der Waals surface area contributed by atoms with E-state index in [1.54, 1.807) is 0 Å². The van der Waals surface area contributed by atoms with Gasteiger partial charge in [0, 0.05) is 22.9 Å². The average molecular weight is 730 g/mol. The van der Waals surface area contributed by atoms with Crippen molar-refractivity contribution < 1.29 is 31.2 Å². The van der Waals surface area contributed by atoms with E-state index in [-0.39, 0.29) is 32.0 Å². The summed E-state index contributed by atoms with van der Waals surface area (Å²) < 4.78 is 11.1. The first kappa shape index (κ1) is 41.6. The van der Waals surface area contributed by atoms with Crippen molar-refractivity contribution in [3.05, 3.63) is 132 Å². The molecule has 9 heteroatoms. The molecule has 0 saturated carbocycles.